The van der Waals surface area contributed by atoms with Crippen LogP contribution in [0.5, 0.6) is 0 Å². The normalized spacial score (nSPS) is 21.2. The van der Waals surface area contributed by atoms with Crippen molar-refractivity contribution in [3.63, 3.8) is 0 Å². The third-order valence-corrected chi connectivity index (χ3v) is 6.59. The van der Waals surface area contributed by atoms with Crippen LogP contribution >= 0.6 is 0 Å². The molecular weight excluding hydrogens is 396 g/mol. The molecule has 1 aliphatic carbocycles. The van der Waals surface area contributed by atoms with Crippen LogP contribution in [0.3, 0.4) is 0 Å². The van der Waals surface area contributed by atoms with Crippen LogP contribution in [0.25, 0.3) is 0 Å². The minimum atomic E-state index is -1.18. The van der Waals surface area contributed by atoms with Gasteiger partial charge in [0, 0.05) is 11.7 Å². The number of ether oxygens (including phenoxy) is 1. The monoisotopic (exact) mass is 424 g/mol. The van der Waals surface area contributed by atoms with Crippen molar-refractivity contribution in [2.45, 2.75) is 64.6 Å². The summed E-state index contributed by atoms with van der Waals surface area (Å²) in [7, 11) is 1.25. The summed E-state index contributed by atoms with van der Waals surface area (Å²) >= 11 is 0. The number of methoxy groups -OCH3 is 1. The van der Waals surface area contributed by atoms with E-state index in [0.717, 1.165) is 36.8 Å². The highest BCUT2D eigenvalue weighted by Gasteiger charge is 2.50. The summed E-state index contributed by atoms with van der Waals surface area (Å²) in [5.41, 5.74) is 1.48. The zero-order valence-corrected chi connectivity index (χ0v) is 18.4. The summed E-state index contributed by atoms with van der Waals surface area (Å²) in [4.78, 5) is 45.3. The predicted octanol–water partition coefficient (Wildman–Crippen LogP) is 2.76. The Labute approximate surface area is 181 Å². The summed E-state index contributed by atoms with van der Waals surface area (Å²) in [6, 6.07) is 5.79. The maximum atomic E-state index is 13.8. The Balaban J connectivity index is 1.85. The summed E-state index contributed by atoms with van der Waals surface area (Å²) in [5.74, 6) is -1.32. The van der Waals surface area contributed by atoms with Crippen molar-refractivity contribution in [3.8, 4) is 0 Å². The molecule has 8 heteroatoms. The largest absolute Gasteiger partial charge is 0.464 e. The number of hydrogen-bond acceptors (Lipinski definition) is 5. The molecule has 8 nitrogen and oxygen atoms in total. The molecule has 1 N–H and O–H groups in total. The van der Waals surface area contributed by atoms with Gasteiger partial charge in [-0.15, -0.1) is 0 Å². The summed E-state index contributed by atoms with van der Waals surface area (Å²) in [6.07, 6.45) is 5.51. The molecule has 1 fully saturated rings. The van der Waals surface area contributed by atoms with E-state index in [4.69, 9.17) is 4.74 Å². The van der Waals surface area contributed by atoms with E-state index < -0.39 is 17.4 Å². The molecular formula is C23H28N4O4. The molecule has 1 atom stereocenters. The van der Waals surface area contributed by atoms with Crippen molar-refractivity contribution in [2.24, 2.45) is 0 Å². The second-order valence-electron chi connectivity index (χ2n) is 8.65. The topological polar surface area (TPSA) is 93.5 Å². The van der Waals surface area contributed by atoms with Crippen LogP contribution in [-0.4, -0.2) is 46.0 Å². The number of esters is 1. The van der Waals surface area contributed by atoms with Gasteiger partial charge >= 0.3 is 5.97 Å². The van der Waals surface area contributed by atoms with Gasteiger partial charge in [-0.1, -0.05) is 25.0 Å². The van der Waals surface area contributed by atoms with Crippen molar-refractivity contribution in [1.29, 1.82) is 0 Å². The second-order valence-corrected chi connectivity index (χ2v) is 8.65. The van der Waals surface area contributed by atoms with Gasteiger partial charge in [0.15, 0.2) is 5.69 Å². The maximum Gasteiger partial charge on any atom is 0.359 e. The molecule has 1 aliphatic heterocycles. The maximum absolute atomic E-state index is 13.8. The van der Waals surface area contributed by atoms with Crippen LogP contribution in [0.2, 0.25) is 0 Å². The van der Waals surface area contributed by atoms with Crippen LogP contribution in [0.4, 0.5) is 5.69 Å². The number of carbonyl (C=O) groups excluding carboxylic acids is 3. The van der Waals surface area contributed by atoms with E-state index in [9.17, 15) is 14.4 Å². The third kappa shape index (κ3) is 3.40. The molecule has 1 unspecified atom stereocenters. The van der Waals surface area contributed by atoms with Gasteiger partial charge in [0.05, 0.1) is 20.0 Å². The SMILES string of the molecule is COC(=O)c1ncn2c1C(=O)N(c1cccc(C)c1C)C(C)(C(=O)NC1CCCC1)C2. The van der Waals surface area contributed by atoms with Gasteiger partial charge < -0.3 is 14.6 Å². The molecule has 164 valence electrons. The number of benzene rings is 1. The Morgan fingerprint density at radius 3 is 2.61 bits per heavy atom. The van der Waals surface area contributed by atoms with Crippen molar-refractivity contribution in [2.75, 3.05) is 12.0 Å². The van der Waals surface area contributed by atoms with E-state index in [1.165, 1.54) is 18.3 Å². The number of amides is 2. The lowest BCUT2D eigenvalue weighted by atomic mass is 9.91. The number of fused-ring (bicyclic) bond motifs is 1. The van der Waals surface area contributed by atoms with Gasteiger partial charge in [-0.05, 0) is 50.8 Å². The molecule has 1 saturated carbocycles. The summed E-state index contributed by atoms with van der Waals surface area (Å²) < 4.78 is 6.40. The Morgan fingerprint density at radius 1 is 1.23 bits per heavy atom. The van der Waals surface area contributed by atoms with E-state index in [2.05, 4.69) is 10.3 Å². The number of aromatic nitrogens is 2. The second kappa shape index (κ2) is 7.83. The zero-order valence-electron chi connectivity index (χ0n) is 18.4. The number of nitrogens with zero attached hydrogens (tertiary/aromatic N) is 3. The lowest BCUT2D eigenvalue weighted by Gasteiger charge is -2.44. The molecule has 2 aromatic rings. The molecule has 2 aliphatic rings. The van der Waals surface area contributed by atoms with Gasteiger partial charge in [-0.3, -0.25) is 14.5 Å². The Kier molecular flexibility index (Phi) is 5.33. The van der Waals surface area contributed by atoms with Gasteiger partial charge in [-0.2, -0.15) is 0 Å². The number of hydrogen-bond donors (Lipinski definition) is 1. The lowest BCUT2D eigenvalue weighted by Crippen LogP contribution is -2.65. The Bertz CT molecular complexity index is 1050. The first-order valence-electron chi connectivity index (χ1n) is 10.6. The quantitative estimate of drug-likeness (QED) is 0.762. The van der Waals surface area contributed by atoms with E-state index in [1.54, 1.807) is 11.5 Å². The highest BCUT2D eigenvalue weighted by atomic mass is 16.5. The van der Waals surface area contributed by atoms with Crippen LogP contribution in [-0.2, 0) is 16.1 Å². The molecule has 2 amide bonds. The first kappa shape index (κ1) is 21.1. The predicted molar refractivity (Wildman–Crippen MR) is 115 cm³/mol. The van der Waals surface area contributed by atoms with Gasteiger partial charge in [-0.25, -0.2) is 9.78 Å². The first-order valence-corrected chi connectivity index (χ1v) is 10.6. The van der Waals surface area contributed by atoms with Crippen LogP contribution in [0, 0.1) is 13.8 Å². The number of anilines is 1. The minimum absolute atomic E-state index is 0.0407. The first-order chi connectivity index (χ1) is 14.8. The fraction of sp³-hybridized carbons (Fsp3) is 0.478. The zero-order chi connectivity index (χ0) is 22.3. The fourth-order valence-corrected chi connectivity index (χ4v) is 4.64. The van der Waals surface area contributed by atoms with Gasteiger partial charge in [0.2, 0.25) is 5.91 Å². The molecule has 0 saturated heterocycles. The van der Waals surface area contributed by atoms with Crippen LogP contribution in [0.1, 0.15) is 64.7 Å². The third-order valence-electron chi connectivity index (χ3n) is 6.59. The number of aryl methyl sites for hydroxylation is 1. The number of nitrogens with one attached hydrogen (secondary N) is 1. The Morgan fingerprint density at radius 2 is 1.94 bits per heavy atom. The molecule has 1 aromatic carbocycles. The molecule has 4 rings (SSSR count). The number of rotatable bonds is 4. The van der Waals surface area contributed by atoms with Crippen molar-refractivity contribution < 1.29 is 19.1 Å². The highest BCUT2D eigenvalue weighted by molar-refractivity contribution is 6.15. The molecule has 31 heavy (non-hydrogen) atoms. The van der Waals surface area contributed by atoms with Crippen molar-refractivity contribution >= 4 is 23.5 Å². The Hall–Kier alpha value is -3.16. The van der Waals surface area contributed by atoms with Crippen LogP contribution < -0.4 is 10.2 Å². The van der Waals surface area contributed by atoms with Gasteiger partial charge in [0.25, 0.3) is 5.91 Å². The summed E-state index contributed by atoms with van der Waals surface area (Å²) in [5, 5.41) is 3.16. The number of imidazole rings is 1. The minimum Gasteiger partial charge on any atom is -0.464 e. The van der Waals surface area contributed by atoms with Crippen LogP contribution in [0.15, 0.2) is 24.5 Å². The van der Waals surface area contributed by atoms with E-state index in [0.29, 0.717) is 5.69 Å². The van der Waals surface area contributed by atoms with E-state index >= 15 is 0 Å². The lowest BCUT2D eigenvalue weighted by molar-refractivity contribution is -0.127. The summed E-state index contributed by atoms with van der Waals surface area (Å²) in [6.45, 7) is 5.86. The highest BCUT2D eigenvalue weighted by Crippen LogP contribution is 2.36. The molecule has 1 aromatic heterocycles. The van der Waals surface area contributed by atoms with E-state index in [1.807, 2.05) is 32.0 Å². The number of carbonyl (C=O) groups is 3. The van der Waals surface area contributed by atoms with Gasteiger partial charge in [0.1, 0.15) is 11.2 Å². The molecule has 0 radical (unpaired) electrons. The average molecular weight is 425 g/mol. The van der Waals surface area contributed by atoms with Crippen molar-refractivity contribution in [3.05, 3.63) is 47.0 Å². The van der Waals surface area contributed by atoms with Crippen molar-refractivity contribution in [1.82, 2.24) is 14.9 Å². The smallest absolute Gasteiger partial charge is 0.359 e. The molecule has 0 bridgehead atoms. The molecule has 0 spiro atoms. The standard InChI is InChI=1S/C23H28N4O4/c1-14-8-7-11-17(15(14)2)27-20(28)19-18(21(29)31-4)24-13-26(19)12-23(27,3)22(30)25-16-9-5-6-10-16/h7-8,11,13,16H,5-6,9-10,12H2,1-4H3,(H,25,30). The molecule has 2 heterocycles. The van der Waals surface area contributed by atoms with E-state index in [-0.39, 0.29) is 29.9 Å². The fourth-order valence-electron chi connectivity index (χ4n) is 4.64. The average Bonchev–Trinajstić information content (AvgIpc) is 3.40.